The Kier molecular flexibility index (Phi) is 6.26. The highest BCUT2D eigenvalue weighted by Gasteiger charge is 2.10. The van der Waals surface area contributed by atoms with Crippen LogP contribution in [0.4, 0.5) is 14.5 Å². The monoisotopic (exact) mass is 361 g/mol. The van der Waals surface area contributed by atoms with Crippen molar-refractivity contribution in [2.45, 2.75) is 6.42 Å². The van der Waals surface area contributed by atoms with Crippen LogP contribution >= 0.6 is 0 Å². The average Bonchev–Trinajstić information content (AvgIpc) is 2.62. The molecule has 26 heavy (non-hydrogen) atoms. The highest BCUT2D eigenvalue weighted by atomic mass is 19.1. The number of halogens is 2. The molecule has 0 bridgehead atoms. The zero-order valence-corrected chi connectivity index (χ0v) is 13.9. The Morgan fingerprint density at radius 2 is 1.77 bits per heavy atom. The second-order valence-electron chi connectivity index (χ2n) is 5.26. The van der Waals surface area contributed by atoms with Gasteiger partial charge in [-0.05, 0) is 36.4 Å². The fourth-order valence-corrected chi connectivity index (χ4v) is 1.98. The second-order valence-corrected chi connectivity index (χ2v) is 5.26. The van der Waals surface area contributed by atoms with E-state index >= 15 is 0 Å². The first-order valence-electron chi connectivity index (χ1n) is 7.52. The minimum Gasteiger partial charge on any atom is -0.497 e. The van der Waals surface area contributed by atoms with E-state index in [0.29, 0.717) is 17.4 Å². The maximum atomic E-state index is 13.5. The number of benzene rings is 2. The average molecular weight is 361 g/mol. The van der Waals surface area contributed by atoms with E-state index in [1.807, 2.05) is 0 Å². The minimum absolute atomic E-state index is 0.147. The number of nitrogens with one attached hydrogen (secondary N) is 3. The Hall–Kier alpha value is -3.42. The van der Waals surface area contributed by atoms with Gasteiger partial charge in [-0.1, -0.05) is 6.58 Å². The fraction of sp³-hybridized carbons (Fsp3) is 0.111. The van der Waals surface area contributed by atoms with Gasteiger partial charge in [0.2, 0.25) is 5.91 Å². The van der Waals surface area contributed by atoms with Gasteiger partial charge in [0.05, 0.1) is 19.2 Å². The molecule has 0 saturated carbocycles. The summed E-state index contributed by atoms with van der Waals surface area (Å²) in [7, 11) is 1.52. The van der Waals surface area contributed by atoms with Gasteiger partial charge in [0.1, 0.15) is 17.4 Å². The lowest BCUT2D eigenvalue weighted by Crippen LogP contribution is -2.37. The number of carbonyl (C=O) groups excluding carboxylic acids is 2. The number of ether oxygens (including phenoxy) is 1. The molecule has 8 heteroatoms. The van der Waals surface area contributed by atoms with Gasteiger partial charge in [0.15, 0.2) is 0 Å². The largest absolute Gasteiger partial charge is 0.497 e. The number of hydrogen-bond donors (Lipinski definition) is 3. The summed E-state index contributed by atoms with van der Waals surface area (Å²) in [4.78, 5) is 23.8. The van der Waals surface area contributed by atoms with Crippen molar-refractivity contribution in [2.24, 2.45) is 0 Å². The molecule has 0 aliphatic rings. The molecular weight excluding hydrogens is 344 g/mol. The molecule has 0 saturated heterocycles. The van der Waals surface area contributed by atoms with Crippen molar-refractivity contribution in [3.63, 3.8) is 0 Å². The summed E-state index contributed by atoms with van der Waals surface area (Å²) in [6.45, 7) is 3.61. The van der Waals surface area contributed by atoms with Gasteiger partial charge in [0.25, 0.3) is 5.91 Å². The smallest absolute Gasteiger partial charge is 0.269 e. The molecule has 136 valence electrons. The summed E-state index contributed by atoms with van der Waals surface area (Å²) in [5, 5.41) is 2.29. The molecule has 0 heterocycles. The fourth-order valence-electron chi connectivity index (χ4n) is 1.98. The lowest BCUT2D eigenvalue weighted by molar-refractivity contribution is -0.115. The second kappa shape index (κ2) is 8.61. The number of amides is 2. The van der Waals surface area contributed by atoms with Crippen LogP contribution in [0, 0.1) is 11.6 Å². The third-order valence-corrected chi connectivity index (χ3v) is 3.28. The van der Waals surface area contributed by atoms with Gasteiger partial charge < -0.3 is 15.5 Å². The van der Waals surface area contributed by atoms with E-state index in [2.05, 4.69) is 22.7 Å². The Balaban J connectivity index is 1.81. The Morgan fingerprint density at radius 3 is 2.38 bits per heavy atom. The van der Waals surface area contributed by atoms with Crippen LogP contribution in [0.2, 0.25) is 0 Å². The maximum Gasteiger partial charge on any atom is 0.269 e. The topological polar surface area (TPSA) is 79.5 Å². The molecule has 0 aliphatic heterocycles. The van der Waals surface area contributed by atoms with Crippen LogP contribution in [-0.2, 0) is 4.79 Å². The van der Waals surface area contributed by atoms with Crippen molar-refractivity contribution in [1.29, 1.82) is 0 Å². The summed E-state index contributed by atoms with van der Waals surface area (Å²) in [6.07, 6.45) is -0.223. The molecule has 0 spiro atoms. The van der Waals surface area contributed by atoms with E-state index in [1.165, 1.54) is 7.11 Å². The van der Waals surface area contributed by atoms with Gasteiger partial charge >= 0.3 is 0 Å². The van der Waals surface area contributed by atoms with Crippen molar-refractivity contribution in [1.82, 2.24) is 10.9 Å². The Morgan fingerprint density at radius 1 is 1.08 bits per heavy atom. The van der Waals surface area contributed by atoms with Crippen LogP contribution in [0.15, 0.2) is 54.7 Å². The maximum absolute atomic E-state index is 13.5. The molecule has 3 N–H and O–H groups in total. The number of hydrogen-bond acceptors (Lipinski definition) is 4. The minimum atomic E-state index is -0.885. The van der Waals surface area contributed by atoms with Crippen molar-refractivity contribution in [3.05, 3.63) is 71.9 Å². The van der Waals surface area contributed by atoms with E-state index in [4.69, 9.17) is 4.74 Å². The molecule has 0 atom stereocenters. The van der Waals surface area contributed by atoms with Gasteiger partial charge in [-0.15, -0.1) is 0 Å². The van der Waals surface area contributed by atoms with Gasteiger partial charge in [0, 0.05) is 17.3 Å². The highest BCUT2D eigenvalue weighted by molar-refractivity contribution is 5.94. The third kappa shape index (κ3) is 5.30. The number of methoxy groups -OCH3 is 1. The predicted molar refractivity (Wildman–Crippen MR) is 92.3 cm³/mol. The molecule has 0 fully saturated rings. The number of anilines is 1. The van der Waals surface area contributed by atoms with Crippen molar-refractivity contribution in [2.75, 3.05) is 12.4 Å². The molecule has 6 nitrogen and oxygen atoms in total. The van der Waals surface area contributed by atoms with Crippen molar-refractivity contribution in [3.8, 4) is 5.75 Å². The molecule has 2 aromatic carbocycles. The highest BCUT2D eigenvalue weighted by Crippen LogP contribution is 2.15. The molecular formula is C18H17F2N3O3. The molecule has 2 rings (SSSR count). The number of hydrazine groups is 1. The SMILES string of the molecule is C=C(CC(=O)Nc1ccc(F)cc1F)NNC(=O)c1ccc(OC)cc1. The van der Waals surface area contributed by atoms with Crippen LogP contribution in [0.25, 0.3) is 0 Å². The van der Waals surface area contributed by atoms with Gasteiger partial charge in [-0.25, -0.2) is 8.78 Å². The lowest BCUT2D eigenvalue weighted by atomic mass is 10.2. The standard InChI is InChI=1S/C18H17F2N3O3/c1-11(9-17(24)21-16-8-5-13(19)10-15(16)20)22-23-18(25)12-3-6-14(26-2)7-4-12/h3-8,10,22H,1,9H2,2H3,(H,21,24)(H,23,25). The van der Waals surface area contributed by atoms with Crippen LogP contribution in [-0.4, -0.2) is 18.9 Å². The molecule has 2 aromatic rings. The summed E-state index contributed by atoms with van der Waals surface area (Å²) >= 11 is 0. The van der Waals surface area contributed by atoms with Crippen LogP contribution in [0.5, 0.6) is 5.75 Å². The third-order valence-electron chi connectivity index (χ3n) is 3.28. The molecule has 0 aliphatic carbocycles. The lowest BCUT2D eigenvalue weighted by Gasteiger charge is -2.12. The zero-order valence-electron chi connectivity index (χ0n) is 13.9. The van der Waals surface area contributed by atoms with Gasteiger partial charge in [-0.3, -0.25) is 15.0 Å². The van der Waals surface area contributed by atoms with E-state index < -0.39 is 23.4 Å². The first-order chi connectivity index (χ1) is 12.4. The van der Waals surface area contributed by atoms with Crippen LogP contribution < -0.4 is 20.9 Å². The molecule has 0 radical (unpaired) electrons. The first kappa shape index (κ1) is 18.9. The van der Waals surface area contributed by atoms with E-state index in [0.717, 1.165) is 12.1 Å². The summed E-state index contributed by atoms with van der Waals surface area (Å²) in [5.74, 6) is -2.02. The predicted octanol–water partition coefficient (Wildman–Crippen LogP) is 2.75. The van der Waals surface area contributed by atoms with Crippen molar-refractivity contribution >= 4 is 17.5 Å². The summed E-state index contributed by atoms with van der Waals surface area (Å²) < 4.78 is 31.3. The summed E-state index contributed by atoms with van der Waals surface area (Å²) in [6, 6.07) is 9.22. The molecule has 2 amide bonds. The zero-order chi connectivity index (χ0) is 19.1. The molecule has 0 aromatic heterocycles. The Labute approximate surface area is 148 Å². The summed E-state index contributed by atoms with van der Waals surface area (Å²) in [5.41, 5.74) is 5.32. The van der Waals surface area contributed by atoms with E-state index in [-0.39, 0.29) is 17.8 Å². The van der Waals surface area contributed by atoms with E-state index in [9.17, 15) is 18.4 Å². The van der Waals surface area contributed by atoms with Gasteiger partial charge in [-0.2, -0.15) is 0 Å². The van der Waals surface area contributed by atoms with E-state index in [1.54, 1.807) is 24.3 Å². The van der Waals surface area contributed by atoms with Crippen molar-refractivity contribution < 1.29 is 23.1 Å². The Bertz CT molecular complexity index is 823. The van der Waals surface area contributed by atoms with Crippen LogP contribution in [0.3, 0.4) is 0 Å². The first-order valence-corrected chi connectivity index (χ1v) is 7.52. The quantitative estimate of drug-likeness (QED) is 0.663. The normalized spacial score (nSPS) is 9.96. The number of rotatable bonds is 7. The van der Waals surface area contributed by atoms with Crippen LogP contribution in [0.1, 0.15) is 16.8 Å². The molecule has 0 unspecified atom stereocenters. The number of carbonyl (C=O) groups is 2.